The zero-order valence-corrected chi connectivity index (χ0v) is 17.3. The zero-order valence-electron chi connectivity index (χ0n) is 15.4. The molecule has 22 heavy (non-hydrogen) atoms. The first-order chi connectivity index (χ1) is 9.97. The molecule has 0 radical (unpaired) electrons. The van der Waals surface area contributed by atoms with Gasteiger partial charge in [0.2, 0.25) is 0 Å². The molecule has 0 aromatic heterocycles. The Balaban J connectivity index is 0.000000406. The molecule has 1 saturated heterocycles. The molecule has 0 spiro atoms. The molecular weight excluding hydrogens is 317 g/mol. The first-order valence-corrected chi connectivity index (χ1v) is 13.9. The Kier molecular flexibility index (Phi) is 10.3. The molecule has 0 aromatic carbocycles. The molecule has 0 amide bonds. The summed E-state index contributed by atoms with van der Waals surface area (Å²) in [6.07, 6.45) is 3.66. The van der Waals surface area contributed by atoms with Crippen molar-refractivity contribution in [1.82, 2.24) is 0 Å². The third-order valence-electron chi connectivity index (χ3n) is 3.88. The van der Waals surface area contributed by atoms with E-state index in [1.165, 1.54) is 37.0 Å². The summed E-state index contributed by atoms with van der Waals surface area (Å²) in [5, 5.41) is 0. The smallest absolute Gasteiger partial charge is 0.131 e. The number of methoxy groups -OCH3 is 1. The van der Waals surface area contributed by atoms with Gasteiger partial charge in [-0.15, -0.1) is 0 Å². The topological polar surface area (TPSA) is 58.6 Å². The van der Waals surface area contributed by atoms with E-state index in [9.17, 15) is 9.46 Å². The number of hydrogen-bond acceptors (Lipinski definition) is 4. The van der Waals surface area contributed by atoms with Crippen molar-refractivity contribution >= 4 is 15.7 Å². The average Bonchev–Trinajstić information content (AvgIpc) is 2.78. The Hall–Kier alpha value is 0.287. The second kappa shape index (κ2) is 10.2. The molecule has 1 rings (SSSR count). The lowest BCUT2D eigenvalue weighted by Crippen LogP contribution is -2.43. The molecule has 5 nitrogen and oxygen atoms in total. The van der Waals surface area contributed by atoms with Crippen LogP contribution in [0.1, 0.15) is 19.3 Å². The monoisotopic (exact) mass is 353 g/mol. The van der Waals surface area contributed by atoms with E-state index < -0.39 is 15.7 Å². The van der Waals surface area contributed by atoms with Crippen LogP contribution in [-0.4, -0.2) is 66.2 Å². The summed E-state index contributed by atoms with van der Waals surface area (Å²) in [7, 11) is -0.402. The molecule has 1 unspecified atom stereocenters. The Bertz CT molecular complexity index is 335. The average molecular weight is 354 g/mol. The van der Waals surface area contributed by atoms with E-state index >= 15 is 0 Å². The molecule has 0 saturated carbocycles. The van der Waals surface area contributed by atoms with Crippen LogP contribution in [0.5, 0.6) is 0 Å². The summed E-state index contributed by atoms with van der Waals surface area (Å²) in [5.41, 5.74) is 0. The van der Waals surface area contributed by atoms with Crippen molar-refractivity contribution in [3.8, 4) is 0 Å². The van der Waals surface area contributed by atoms with Crippen LogP contribution in [-0.2, 0) is 13.8 Å². The Morgan fingerprint density at radius 3 is 2.14 bits per heavy atom. The van der Waals surface area contributed by atoms with Crippen LogP contribution in [0, 0.1) is 0 Å². The lowest BCUT2D eigenvalue weighted by molar-refractivity contribution is -0.897. The molecule has 7 heteroatoms. The molecule has 0 aliphatic carbocycles. The molecule has 0 bridgehead atoms. The standard InChI is InChI=1S/C8H18NO.C7H19O3PSi/c1-9(7-8-10-2)5-3-4-6-9;1-11(8,9)10-6-5-7-12(2,3)4/h3-8H2,1-2H3;5-7H2,1-4H3,(H,8,9)/q+1;/p-1. The van der Waals surface area contributed by atoms with E-state index in [4.69, 9.17) is 4.74 Å². The fourth-order valence-electron chi connectivity index (χ4n) is 2.47. The van der Waals surface area contributed by atoms with Crippen molar-refractivity contribution in [2.45, 2.75) is 44.9 Å². The fraction of sp³-hybridized carbons (Fsp3) is 1.00. The maximum Gasteiger partial charge on any atom is 0.131 e. The highest BCUT2D eigenvalue weighted by molar-refractivity contribution is 7.50. The van der Waals surface area contributed by atoms with Crippen molar-refractivity contribution in [2.75, 3.05) is 53.7 Å². The Labute approximate surface area is 138 Å². The van der Waals surface area contributed by atoms with Gasteiger partial charge in [-0.1, -0.05) is 25.7 Å². The summed E-state index contributed by atoms with van der Waals surface area (Å²) in [6, 6.07) is 1.12. The Morgan fingerprint density at radius 2 is 1.73 bits per heavy atom. The number of hydrogen-bond donors (Lipinski definition) is 0. The van der Waals surface area contributed by atoms with Crippen LogP contribution in [0.3, 0.4) is 0 Å². The molecule has 1 aliphatic heterocycles. The molecular formula is C15H36NO4PSi. The van der Waals surface area contributed by atoms with Crippen LogP contribution in [0.25, 0.3) is 0 Å². The maximum absolute atomic E-state index is 10.6. The molecule has 0 N–H and O–H groups in total. The fourth-order valence-corrected chi connectivity index (χ4v) is 4.13. The third kappa shape index (κ3) is 13.9. The van der Waals surface area contributed by atoms with E-state index in [2.05, 4.69) is 31.2 Å². The van der Waals surface area contributed by atoms with Crippen LogP contribution in [0.15, 0.2) is 0 Å². The van der Waals surface area contributed by atoms with Gasteiger partial charge in [-0.25, -0.2) is 0 Å². The molecule has 0 aromatic rings. The molecule has 1 atom stereocenters. The minimum atomic E-state index is -3.48. The second-order valence-electron chi connectivity index (χ2n) is 7.76. The van der Waals surface area contributed by atoms with Gasteiger partial charge in [-0.05, 0) is 6.42 Å². The number of likely N-dealkylation sites (tertiary alicyclic amines) is 1. The van der Waals surface area contributed by atoms with Gasteiger partial charge in [0.1, 0.15) is 14.1 Å². The minimum Gasteiger partial charge on any atom is -0.779 e. The van der Waals surface area contributed by atoms with Gasteiger partial charge in [0.15, 0.2) is 0 Å². The van der Waals surface area contributed by atoms with Gasteiger partial charge in [0.25, 0.3) is 0 Å². The first-order valence-electron chi connectivity index (χ1n) is 8.23. The lowest BCUT2D eigenvalue weighted by Gasteiger charge is -2.28. The number of ether oxygens (including phenoxy) is 1. The van der Waals surface area contributed by atoms with Crippen LogP contribution >= 0.6 is 7.60 Å². The van der Waals surface area contributed by atoms with E-state index in [1.54, 1.807) is 7.11 Å². The predicted octanol–water partition coefficient (Wildman–Crippen LogP) is 2.79. The van der Waals surface area contributed by atoms with E-state index in [-0.39, 0.29) is 0 Å². The van der Waals surface area contributed by atoms with Crippen molar-refractivity contribution in [2.24, 2.45) is 0 Å². The second-order valence-corrected chi connectivity index (χ2v) is 15.2. The molecule has 1 fully saturated rings. The lowest BCUT2D eigenvalue weighted by atomic mass is 10.4. The van der Waals surface area contributed by atoms with Gasteiger partial charge in [-0.2, -0.15) is 0 Å². The van der Waals surface area contributed by atoms with Gasteiger partial charge in [0, 0.05) is 34.7 Å². The summed E-state index contributed by atoms with van der Waals surface area (Å²) < 4.78 is 21.5. The van der Waals surface area contributed by atoms with Crippen LogP contribution in [0.4, 0.5) is 0 Å². The zero-order chi connectivity index (χ0) is 17.3. The first kappa shape index (κ1) is 22.3. The summed E-state index contributed by atoms with van der Waals surface area (Å²) in [5.74, 6) is 0. The van der Waals surface area contributed by atoms with E-state index in [0.717, 1.165) is 25.7 Å². The van der Waals surface area contributed by atoms with E-state index in [1.807, 2.05) is 0 Å². The normalized spacial score (nSPS) is 20.1. The van der Waals surface area contributed by atoms with Gasteiger partial charge < -0.3 is 23.2 Å². The minimum absolute atomic E-state index is 0.349. The van der Waals surface area contributed by atoms with Crippen molar-refractivity contribution in [1.29, 1.82) is 0 Å². The van der Waals surface area contributed by atoms with Gasteiger partial charge in [-0.3, -0.25) is 0 Å². The van der Waals surface area contributed by atoms with Gasteiger partial charge in [0.05, 0.1) is 33.4 Å². The maximum atomic E-state index is 10.6. The van der Waals surface area contributed by atoms with Crippen molar-refractivity contribution in [3.05, 3.63) is 0 Å². The van der Waals surface area contributed by atoms with E-state index in [0.29, 0.717) is 6.61 Å². The predicted molar refractivity (Wildman–Crippen MR) is 94.1 cm³/mol. The third-order valence-corrected chi connectivity index (χ3v) is 6.38. The highest BCUT2D eigenvalue weighted by atomic mass is 31.2. The highest BCUT2D eigenvalue weighted by Gasteiger charge is 2.25. The summed E-state index contributed by atoms with van der Waals surface area (Å²) >= 11 is 0. The largest absolute Gasteiger partial charge is 0.779 e. The molecule has 134 valence electrons. The highest BCUT2D eigenvalue weighted by Crippen LogP contribution is 2.31. The van der Waals surface area contributed by atoms with Gasteiger partial charge >= 0.3 is 0 Å². The summed E-state index contributed by atoms with van der Waals surface area (Å²) in [6.45, 7) is 13.0. The molecule has 1 aliphatic rings. The number of likely N-dealkylation sites (N-methyl/N-ethyl adjacent to an activating group) is 1. The summed E-state index contributed by atoms with van der Waals surface area (Å²) in [4.78, 5) is 10.6. The van der Waals surface area contributed by atoms with Crippen LogP contribution < -0.4 is 4.89 Å². The Morgan fingerprint density at radius 1 is 1.18 bits per heavy atom. The number of nitrogens with zero attached hydrogens (tertiary/aromatic N) is 1. The number of quaternary nitrogens is 1. The quantitative estimate of drug-likeness (QED) is 0.291. The van der Waals surface area contributed by atoms with Crippen molar-refractivity contribution in [3.63, 3.8) is 0 Å². The SMILES string of the molecule is COCC[N+]1(C)CCCC1.C[Si](C)(C)CCCOP(C)(=O)[O-]. The van der Waals surface area contributed by atoms with Crippen LogP contribution in [0.2, 0.25) is 25.7 Å². The molecule has 1 heterocycles. The number of rotatable bonds is 8. The van der Waals surface area contributed by atoms with Crippen molar-refractivity contribution < 1.29 is 23.2 Å².